The van der Waals surface area contributed by atoms with Gasteiger partial charge in [-0.2, -0.15) is 5.10 Å². The lowest BCUT2D eigenvalue weighted by Gasteiger charge is -2.28. The SMILES string of the molecule is C[n+]1ccc2c(cnn2Cc2cc(C(=N)N3CCCCC3)cs2)c1. The number of piperidine rings is 1. The van der Waals surface area contributed by atoms with Crippen molar-refractivity contribution in [3.8, 4) is 0 Å². The second-order valence-corrected chi connectivity index (χ2v) is 7.45. The Balaban J connectivity index is 1.53. The van der Waals surface area contributed by atoms with Gasteiger partial charge in [0, 0.05) is 35.0 Å². The summed E-state index contributed by atoms with van der Waals surface area (Å²) in [5.41, 5.74) is 2.19. The van der Waals surface area contributed by atoms with E-state index in [0.717, 1.165) is 36.1 Å². The molecule has 1 N–H and O–H groups in total. The Bertz CT molecular complexity index is 873. The number of likely N-dealkylation sites (tertiary alicyclic amines) is 1. The van der Waals surface area contributed by atoms with Gasteiger partial charge in [-0.15, -0.1) is 11.3 Å². The van der Waals surface area contributed by atoms with E-state index in [1.807, 2.05) is 28.7 Å². The van der Waals surface area contributed by atoms with E-state index in [1.54, 1.807) is 11.3 Å². The fourth-order valence-electron chi connectivity index (χ4n) is 3.30. The van der Waals surface area contributed by atoms with Gasteiger partial charge in [-0.25, -0.2) is 4.57 Å². The standard InChI is InChI=1S/C18H22N5S/c1-21-8-5-17-15(11-21)10-20-23(17)12-16-9-14(13-24-16)18(19)22-6-3-2-4-7-22/h5,8-11,13,19H,2-4,6-7,12H2,1H3/q+1. The molecule has 0 unspecified atom stereocenters. The summed E-state index contributed by atoms with van der Waals surface area (Å²) in [6, 6.07) is 4.25. The molecular formula is C18H22N5S+. The number of fused-ring (bicyclic) bond motifs is 1. The summed E-state index contributed by atoms with van der Waals surface area (Å²) in [5, 5.41) is 16.2. The number of rotatable bonds is 3. The van der Waals surface area contributed by atoms with Gasteiger partial charge in [0.05, 0.1) is 23.6 Å². The van der Waals surface area contributed by atoms with E-state index >= 15 is 0 Å². The largest absolute Gasteiger partial charge is 0.357 e. The third-order valence-electron chi connectivity index (χ3n) is 4.63. The molecule has 0 radical (unpaired) electrons. The molecule has 0 amide bonds. The Labute approximate surface area is 145 Å². The normalized spacial score (nSPS) is 15.1. The molecule has 4 rings (SSSR count). The lowest BCUT2D eigenvalue weighted by molar-refractivity contribution is -0.670. The number of pyridine rings is 1. The number of hydrogen-bond donors (Lipinski definition) is 1. The molecule has 1 saturated heterocycles. The van der Waals surface area contributed by atoms with Crippen LogP contribution in [0.2, 0.25) is 0 Å². The van der Waals surface area contributed by atoms with Crippen LogP contribution in [-0.4, -0.2) is 33.6 Å². The predicted molar refractivity (Wildman–Crippen MR) is 96.6 cm³/mol. The Morgan fingerprint density at radius 3 is 3.00 bits per heavy atom. The second-order valence-electron chi connectivity index (χ2n) is 6.45. The molecule has 1 aliphatic heterocycles. The molecule has 0 bridgehead atoms. The molecular weight excluding hydrogens is 318 g/mol. The fourth-order valence-corrected chi connectivity index (χ4v) is 4.15. The molecule has 0 aliphatic carbocycles. The summed E-state index contributed by atoms with van der Waals surface area (Å²) in [4.78, 5) is 3.45. The van der Waals surface area contributed by atoms with Crippen LogP contribution >= 0.6 is 11.3 Å². The maximum absolute atomic E-state index is 8.45. The maximum Gasteiger partial charge on any atom is 0.179 e. The van der Waals surface area contributed by atoms with Gasteiger partial charge in [-0.3, -0.25) is 10.1 Å². The minimum Gasteiger partial charge on any atom is -0.357 e. The van der Waals surface area contributed by atoms with E-state index < -0.39 is 0 Å². The Morgan fingerprint density at radius 2 is 2.17 bits per heavy atom. The zero-order valence-electron chi connectivity index (χ0n) is 13.9. The first kappa shape index (κ1) is 15.3. The summed E-state index contributed by atoms with van der Waals surface area (Å²) in [5.74, 6) is 0.676. The van der Waals surface area contributed by atoms with Crippen LogP contribution in [0, 0.1) is 5.41 Å². The van der Waals surface area contributed by atoms with Gasteiger partial charge in [0.1, 0.15) is 12.9 Å². The number of nitrogens with zero attached hydrogens (tertiary/aromatic N) is 4. The zero-order chi connectivity index (χ0) is 16.5. The lowest BCUT2D eigenvalue weighted by Crippen LogP contribution is -2.35. The van der Waals surface area contributed by atoms with Crippen LogP contribution < -0.4 is 4.57 Å². The average molecular weight is 340 g/mol. The van der Waals surface area contributed by atoms with E-state index in [-0.39, 0.29) is 0 Å². The number of amidine groups is 1. The van der Waals surface area contributed by atoms with Crippen LogP contribution in [0.4, 0.5) is 0 Å². The number of aromatic nitrogens is 3. The van der Waals surface area contributed by atoms with Crippen molar-refractivity contribution in [3.63, 3.8) is 0 Å². The van der Waals surface area contributed by atoms with Gasteiger partial charge < -0.3 is 4.90 Å². The van der Waals surface area contributed by atoms with E-state index in [2.05, 4.69) is 33.7 Å². The van der Waals surface area contributed by atoms with Crippen LogP contribution in [0.1, 0.15) is 29.7 Å². The van der Waals surface area contributed by atoms with Gasteiger partial charge >= 0.3 is 0 Å². The highest BCUT2D eigenvalue weighted by Crippen LogP contribution is 2.21. The highest BCUT2D eigenvalue weighted by atomic mass is 32.1. The first-order valence-corrected chi connectivity index (χ1v) is 9.31. The smallest absolute Gasteiger partial charge is 0.179 e. The highest BCUT2D eigenvalue weighted by Gasteiger charge is 2.16. The molecule has 0 saturated carbocycles. The lowest BCUT2D eigenvalue weighted by atomic mass is 10.1. The van der Waals surface area contributed by atoms with Crippen molar-refractivity contribution in [1.82, 2.24) is 14.7 Å². The van der Waals surface area contributed by atoms with Crippen LogP contribution in [0.25, 0.3) is 10.9 Å². The Kier molecular flexibility index (Phi) is 4.06. The minimum absolute atomic E-state index is 0.676. The molecule has 3 aromatic rings. The van der Waals surface area contributed by atoms with Gasteiger partial charge in [0.2, 0.25) is 0 Å². The molecule has 24 heavy (non-hydrogen) atoms. The summed E-state index contributed by atoms with van der Waals surface area (Å²) in [7, 11) is 2.02. The second kappa shape index (κ2) is 6.36. The van der Waals surface area contributed by atoms with Crippen molar-refractivity contribution in [2.24, 2.45) is 7.05 Å². The first-order valence-electron chi connectivity index (χ1n) is 8.43. The molecule has 0 atom stereocenters. The van der Waals surface area contributed by atoms with Gasteiger partial charge in [-0.05, 0) is 25.3 Å². The van der Waals surface area contributed by atoms with Crippen molar-refractivity contribution in [2.45, 2.75) is 25.8 Å². The summed E-state index contributed by atoms with van der Waals surface area (Å²) in [6.07, 6.45) is 9.76. The molecule has 6 heteroatoms. The third-order valence-corrected chi connectivity index (χ3v) is 5.55. The third kappa shape index (κ3) is 2.94. The fraction of sp³-hybridized carbons (Fsp3) is 0.389. The van der Waals surface area contributed by atoms with E-state index in [1.165, 1.54) is 24.1 Å². The summed E-state index contributed by atoms with van der Waals surface area (Å²) < 4.78 is 4.08. The summed E-state index contributed by atoms with van der Waals surface area (Å²) in [6.45, 7) is 2.80. The zero-order valence-corrected chi connectivity index (χ0v) is 14.7. The number of aryl methyl sites for hydroxylation is 1. The molecule has 0 aromatic carbocycles. The number of hydrogen-bond acceptors (Lipinski definition) is 3. The van der Waals surface area contributed by atoms with Gasteiger partial charge in [-0.1, -0.05) is 0 Å². The van der Waals surface area contributed by atoms with E-state index in [0.29, 0.717) is 5.84 Å². The monoisotopic (exact) mass is 340 g/mol. The molecule has 1 fully saturated rings. The minimum atomic E-state index is 0.676. The van der Waals surface area contributed by atoms with E-state index in [9.17, 15) is 0 Å². The molecule has 124 valence electrons. The van der Waals surface area contributed by atoms with Gasteiger partial charge in [0.25, 0.3) is 0 Å². The summed E-state index contributed by atoms with van der Waals surface area (Å²) >= 11 is 1.72. The Hall–Kier alpha value is -2.21. The maximum atomic E-state index is 8.45. The van der Waals surface area contributed by atoms with Crippen LogP contribution in [0.5, 0.6) is 0 Å². The van der Waals surface area contributed by atoms with Crippen molar-refractivity contribution in [1.29, 1.82) is 5.41 Å². The molecule has 1 aliphatic rings. The first-order chi connectivity index (χ1) is 11.7. The van der Waals surface area contributed by atoms with Crippen molar-refractivity contribution >= 4 is 28.1 Å². The van der Waals surface area contributed by atoms with Crippen molar-refractivity contribution in [3.05, 3.63) is 46.5 Å². The highest BCUT2D eigenvalue weighted by molar-refractivity contribution is 7.10. The number of nitrogens with one attached hydrogen (secondary N) is 1. The van der Waals surface area contributed by atoms with Crippen molar-refractivity contribution < 1.29 is 4.57 Å². The van der Waals surface area contributed by atoms with Crippen LogP contribution in [0.15, 0.2) is 36.1 Å². The van der Waals surface area contributed by atoms with Crippen LogP contribution in [-0.2, 0) is 13.6 Å². The molecule has 0 spiro atoms. The predicted octanol–water partition coefficient (Wildman–Crippen LogP) is 2.78. The average Bonchev–Trinajstić information content (AvgIpc) is 3.22. The van der Waals surface area contributed by atoms with Crippen LogP contribution in [0.3, 0.4) is 0 Å². The topological polar surface area (TPSA) is 48.8 Å². The van der Waals surface area contributed by atoms with E-state index in [4.69, 9.17) is 5.41 Å². The van der Waals surface area contributed by atoms with Gasteiger partial charge in [0.15, 0.2) is 12.4 Å². The van der Waals surface area contributed by atoms with Crippen molar-refractivity contribution in [2.75, 3.05) is 13.1 Å². The Morgan fingerprint density at radius 1 is 1.33 bits per heavy atom. The molecule has 5 nitrogen and oxygen atoms in total. The quantitative estimate of drug-likeness (QED) is 0.453. The number of thiophene rings is 1. The molecule has 4 heterocycles. The molecule has 3 aromatic heterocycles.